The first-order chi connectivity index (χ1) is 16.6. The van der Waals surface area contributed by atoms with Gasteiger partial charge in [0.1, 0.15) is 5.60 Å². The number of nitrogens with one attached hydrogen (secondary N) is 3. The van der Waals surface area contributed by atoms with E-state index in [1.165, 1.54) is 0 Å². The Hall–Kier alpha value is -3.41. The van der Waals surface area contributed by atoms with Gasteiger partial charge in [0.2, 0.25) is 0 Å². The minimum Gasteiger partial charge on any atom is -0.461 e. The van der Waals surface area contributed by atoms with Crippen LogP contribution in [0.5, 0.6) is 0 Å². The molecule has 3 N–H and O–H groups in total. The first-order valence-corrected chi connectivity index (χ1v) is 11.8. The zero-order valence-corrected chi connectivity index (χ0v) is 20.9. The van der Waals surface area contributed by atoms with E-state index in [0.717, 1.165) is 29.9 Å². The fourth-order valence-electron chi connectivity index (χ4n) is 3.74. The number of aromatic nitrogens is 4. The van der Waals surface area contributed by atoms with Gasteiger partial charge in [-0.2, -0.15) is 10.2 Å². The first-order valence-electron chi connectivity index (χ1n) is 11.8. The van der Waals surface area contributed by atoms with Crippen molar-refractivity contribution in [3.8, 4) is 0 Å². The molecule has 0 atom stereocenters. The highest BCUT2D eigenvalue weighted by Gasteiger charge is 2.30. The number of rotatable bonds is 4. The van der Waals surface area contributed by atoms with Crippen LogP contribution in [0.15, 0.2) is 0 Å². The molecule has 1 amide bonds. The number of hydrogen-bond donors (Lipinski definition) is 3. The summed E-state index contributed by atoms with van der Waals surface area (Å²) < 4.78 is 15.2. The minimum absolute atomic E-state index is 0.250. The molecule has 0 saturated carbocycles. The number of fused-ring (bicyclic) bond motifs is 2. The van der Waals surface area contributed by atoms with E-state index < -0.39 is 11.6 Å². The molecule has 2 aromatic rings. The molecular weight excluding hydrogens is 456 g/mol. The molecule has 0 fully saturated rings. The Morgan fingerprint density at radius 3 is 2.06 bits per heavy atom. The molecule has 0 radical (unpaired) electrons. The lowest BCUT2D eigenvalue weighted by atomic mass is 10.1. The van der Waals surface area contributed by atoms with Crippen molar-refractivity contribution in [1.29, 1.82) is 0 Å². The molecule has 0 aromatic carbocycles. The third kappa shape index (κ3) is 6.59. The second kappa shape index (κ2) is 11.3. The fourth-order valence-corrected chi connectivity index (χ4v) is 3.74. The Labute approximate surface area is 204 Å². The number of ether oxygens (including phenoxy) is 3. The highest BCUT2D eigenvalue weighted by Crippen LogP contribution is 2.23. The normalized spacial score (nSPS) is 14.7. The average Bonchev–Trinajstić information content (AvgIpc) is 3.43. The van der Waals surface area contributed by atoms with Gasteiger partial charge in [-0.15, -0.1) is 0 Å². The smallest absolute Gasteiger partial charge is 0.410 e. The monoisotopic (exact) mass is 490 g/mol. The van der Waals surface area contributed by atoms with E-state index in [2.05, 4.69) is 25.7 Å². The Morgan fingerprint density at radius 2 is 1.49 bits per heavy atom. The standard InChI is InChI=1S/C14H21N3O4.C9H13N3O2/c1-5-20-12(18)11-9-8-17(7-6-10(9)15-16-11)13(19)21-14(2,3)4;1-2-14-9(13)8-6-5-10-4-3-7(6)11-12-8/h5-8H2,1-4H3,(H,15,16);10H,2-5H2,1H3,(H,11,12). The van der Waals surface area contributed by atoms with Crippen molar-refractivity contribution in [2.45, 2.75) is 66.2 Å². The molecule has 12 heteroatoms. The molecule has 4 heterocycles. The van der Waals surface area contributed by atoms with Crippen molar-refractivity contribution >= 4 is 18.0 Å². The zero-order chi connectivity index (χ0) is 25.6. The van der Waals surface area contributed by atoms with E-state index in [-0.39, 0.29) is 24.4 Å². The Bertz CT molecular complexity index is 1050. The van der Waals surface area contributed by atoms with Crippen LogP contribution < -0.4 is 5.32 Å². The maximum atomic E-state index is 12.1. The molecule has 4 rings (SSSR count). The highest BCUT2D eigenvalue weighted by atomic mass is 16.6. The van der Waals surface area contributed by atoms with Gasteiger partial charge in [-0.3, -0.25) is 10.2 Å². The quantitative estimate of drug-likeness (QED) is 0.432. The number of hydrogen-bond acceptors (Lipinski definition) is 9. The number of nitrogens with zero attached hydrogens (tertiary/aromatic N) is 3. The third-order valence-electron chi connectivity index (χ3n) is 5.33. The number of aromatic amines is 2. The van der Waals surface area contributed by atoms with E-state index in [0.29, 0.717) is 43.9 Å². The SMILES string of the molecule is CCOC(=O)c1n[nH]c2c1CN(C(=O)OC(C)(C)C)CC2.CCOC(=O)c1n[nH]c2c1CNCC2. The van der Waals surface area contributed by atoms with Gasteiger partial charge in [0.05, 0.1) is 19.8 Å². The van der Waals surface area contributed by atoms with Crippen LogP contribution in [0.1, 0.15) is 78.1 Å². The van der Waals surface area contributed by atoms with Crippen molar-refractivity contribution in [3.05, 3.63) is 33.9 Å². The van der Waals surface area contributed by atoms with Gasteiger partial charge in [-0.05, 0) is 34.6 Å². The number of carbonyl (C=O) groups excluding carboxylic acids is 3. The number of carbonyl (C=O) groups is 3. The van der Waals surface area contributed by atoms with Crippen molar-refractivity contribution in [1.82, 2.24) is 30.6 Å². The summed E-state index contributed by atoms with van der Waals surface area (Å²) in [5.74, 6) is -0.810. The summed E-state index contributed by atoms with van der Waals surface area (Å²) in [4.78, 5) is 37.0. The van der Waals surface area contributed by atoms with Gasteiger partial charge in [0.25, 0.3) is 0 Å². The lowest BCUT2D eigenvalue weighted by molar-refractivity contribution is 0.0219. The summed E-state index contributed by atoms with van der Waals surface area (Å²) in [7, 11) is 0. The summed E-state index contributed by atoms with van der Waals surface area (Å²) in [6.45, 7) is 12.1. The molecule has 2 aliphatic rings. The largest absolute Gasteiger partial charge is 0.461 e. The summed E-state index contributed by atoms with van der Waals surface area (Å²) in [6, 6.07) is 0. The van der Waals surface area contributed by atoms with Crippen molar-refractivity contribution in [2.24, 2.45) is 0 Å². The first kappa shape index (κ1) is 26.2. The Balaban J connectivity index is 0.000000211. The zero-order valence-electron chi connectivity index (χ0n) is 20.9. The predicted octanol–water partition coefficient (Wildman–Crippen LogP) is 2.11. The van der Waals surface area contributed by atoms with Gasteiger partial charge < -0.3 is 24.4 Å². The molecule has 192 valence electrons. The maximum absolute atomic E-state index is 12.1. The van der Waals surface area contributed by atoms with Crippen molar-refractivity contribution < 1.29 is 28.6 Å². The van der Waals surface area contributed by atoms with Crippen molar-refractivity contribution in [2.75, 3.05) is 26.3 Å². The Morgan fingerprint density at radius 1 is 0.914 bits per heavy atom. The molecular formula is C23H34N6O6. The van der Waals surface area contributed by atoms with E-state index in [1.54, 1.807) is 18.7 Å². The lowest BCUT2D eigenvalue weighted by Gasteiger charge is -2.29. The van der Waals surface area contributed by atoms with Gasteiger partial charge in [0, 0.05) is 55.0 Å². The topological polar surface area (TPSA) is 152 Å². The van der Waals surface area contributed by atoms with E-state index in [1.807, 2.05) is 20.8 Å². The van der Waals surface area contributed by atoms with Crippen LogP contribution in [0.3, 0.4) is 0 Å². The molecule has 2 aromatic heterocycles. The fraction of sp³-hybridized carbons (Fsp3) is 0.609. The van der Waals surface area contributed by atoms with Crippen molar-refractivity contribution in [3.63, 3.8) is 0 Å². The van der Waals surface area contributed by atoms with Crippen LogP contribution >= 0.6 is 0 Å². The summed E-state index contributed by atoms with van der Waals surface area (Å²) >= 11 is 0. The van der Waals surface area contributed by atoms with Crippen LogP contribution in [-0.2, 0) is 40.1 Å². The van der Waals surface area contributed by atoms with Gasteiger partial charge in [0.15, 0.2) is 11.4 Å². The summed E-state index contributed by atoms with van der Waals surface area (Å²) in [6.07, 6.45) is 1.12. The average molecular weight is 491 g/mol. The van der Waals surface area contributed by atoms with E-state index in [4.69, 9.17) is 14.2 Å². The summed E-state index contributed by atoms with van der Waals surface area (Å²) in [5.41, 5.74) is 3.72. The van der Waals surface area contributed by atoms with Crippen LogP contribution in [0.25, 0.3) is 0 Å². The summed E-state index contributed by atoms with van der Waals surface area (Å²) in [5, 5.41) is 16.9. The number of esters is 2. The predicted molar refractivity (Wildman–Crippen MR) is 125 cm³/mol. The minimum atomic E-state index is -0.544. The van der Waals surface area contributed by atoms with Crippen LogP contribution in [-0.4, -0.2) is 75.2 Å². The van der Waals surface area contributed by atoms with Gasteiger partial charge in [-0.1, -0.05) is 0 Å². The molecule has 12 nitrogen and oxygen atoms in total. The van der Waals surface area contributed by atoms with Crippen LogP contribution in [0.2, 0.25) is 0 Å². The highest BCUT2D eigenvalue weighted by molar-refractivity contribution is 5.89. The molecule has 0 aliphatic carbocycles. The second-order valence-corrected chi connectivity index (χ2v) is 9.08. The number of amides is 1. The van der Waals surface area contributed by atoms with Gasteiger partial charge in [-0.25, -0.2) is 14.4 Å². The van der Waals surface area contributed by atoms with E-state index >= 15 is 0 Å². The molecule has 0 unspecified atom stereocenters. The molecule has 35 heavy (non-hydrogen) atoms. The van der Waals surface area contributed by atoms with Crippen LogP contribution in [0.4, 0.5) is 4.79 Å². The van der Waals surface area contributed by atoms with E-state index in [9.17, 15) is 14.4 Å². The second-order valence-electron chi connectivity index (χ2n) is 9.08. The molecule has 0 saturated heterocycles. The van der Waals surface area contributed by atoms with Crippen LogP contribution in [0, 0.1) is 0 Å². The maximum Gasteiger partial charge on any atom is 0.410 e. The van der Waals surface area contributed by atoms with Gasteiger partial charge >= 0.3 is 18.0 Å². The lowest BCUT2D eigenvalue weighted by Crippen LogP contribution is -2.40. The molecule has 2 aliphatic heterocycles. The number of H-pyrrole nitrogens is 2. The Kier molecular flexibility index (Phi) is 8.49. The molecule has 0 bridgehead atoms. The molecule has 0 spiro atoms. The third-order valence-corrected chi connectivity index (χ3v) is 5.33.